The van der Waals surface area contributed by atoms with Gasteiger partial charge in [0.2, 0.25) is 15.9 Å². The van der Waals surface area contributed by atoms with Crippen LogP contribution >= 0.6 is 11.6 Å². The number of halogens is 1. The molecule has 0 aromatic heterocycles. The number of sulfonamides is 1. The highest BCUT2D eigenvalue weighted by Gasteiger charge is 2.32. The van der Waals surface area contributed by atoms with Crippen molar-refractivity contribution in [2.24, 2.45) is 5.92 Å². The lowest BCUT2D eigenvalue weighted by Crippen LogP contribution is -2.43. The molecule has 0 radical (unpaired) electrons. The third kappa shape index (κ3) is 5.68. The summed E-state index contributed by atoms with van der Waals surface area (Å²) < 4.78 is 27.1. The molecule has 7 heteroatoms. The summed E-state index contributed by atoms with van der Waals surface area (Å²) in [6.45, 7) is 8.92. The molecule has 0 saturated carbocycles. The molecule has 168 valence electrons. The van der Waals surface area contributed by atoms with E-state index in [0.29, 0.717) is 36.5 Å². The quantitative estimate of drug-likeness (QED) is 0.677. The molecule has 1 N–H and O–H groups in total. The van der Waals surface area contributed by atoms with E-state index in [1.165, 1.54) is 15.4 Å². The van der Waals surface area contributed by atoms with Crippen molar-refractivity contribution in [1.82, 2.24) is 9.62 Å². The minimum absolute atomic E-state index is 0.00622. The number of hydrogen-bond donors (Lipinski definition) is 1. The van der Waals surface area contributed by atoms with E-state index >= 15 is 0 Å². The average molecular weight is 463 g/mol. The minimum atomic E-state index is -3.47. The first-order valence-electron chi connectivity index (χ1n) is 10.7. The molecular weight excluding hydrogens is 432 g/mol. The largest absolute Gasteiger partial charge is 0.349 e. The van der Waals surface area contributed by atoms with E-state index in [1.807, 2.05) is 6.92 Å². The van der Waals surface area contributed by atoms with E-state index in [4.69, 9.17) is 11.6 Å². The number of carbonyl (C=O) groups is 1. The zero-order valence-electron chi connectivity index (χ0n) is 18.6. The number of nitrogens with one attached hydrogen (secondary N) is 1. The number of amides is 1. The minimum Gasteiger partial charge on any atom is -0.349 e. The first kappa shape index (κ1) is 23.8. The van der Waals surface area contributed by atoms with E-state index in [0.717, 1.165) is 11.1 Å². The molecule has 0 aliphatic carbocycles. The van der Waals surface area contributed by atoms with Crippen molar-refractivity contribution >= 4 is 27.5 Å². The number of carbonyl (C=O) groups excluding carboxylic acids is 1. The van der Waals surface area contributed by atoms with Gasteiger partial charge in [0.15, 0.2) is 0 Å². The van der Waals surface area contributed by atoms with Crippen LogP contribution in [0.4, 0.5) is 0 Å². The van der Waals surface area contributed by atoms with Crippen LogP contribution in [-0.2, 0) is 20.6 Å². The van der Waals surface area contributed by atoms with Crippen molar-refractivity contribution in [2.45, 2.75) is 52.3 Å². The van der Waals surface area contributed by atoms with Crippen LogP contribution in [0.15, 0.2) is 36.4 Å². The molecule has 1 amide bonds. The van der Waals surface area contributed by atoms with E-state index in [9.17, 15) is 13.2 Å². The van der Waals surface area contributed by atoms with Gasteiger partial charge in [0.05, 0.1) is 11.8 Å². The molecule has 2 aromatic carbocycles. The van der Waals surface area contributed by atoms with Crippen LogP contribution in [0.25, 0.3) is 0 Å². The van der Waals surface area contributed by atoms with E-state index in [2.05, 4.69) is 38.2 Å². The van der Waals surface area contributed by atoms with Crippen LogP contribution in [0, 0.1) is 26.7 Å². The number of benzene rings is 2. The molecule has 1 fully saturated rings. The Labute approximate surface area is 190 Å². The molecule has 1 atom stereocenters. The Morgan fingerprint density at radius 3 is 2.35 bits per heavy atom. The molecule has 1 saturated heterocycles. The predicted octanol–water partition coefficient (Wildman–Crippen LogP) is 4.68. The summed E-state index contributed by atoms with van der Waals surface area (Å²) in [4.78, 5) is 12.8. The predicted molar refractivity (Wildman–Crippen MR) is 126 cm³/mol. The Bertz CT molecular complexity index is 1060. The maximum atomic E-state index is 12.8. The highest BCUT2D eigenvalue weighted by molar-refractivity contribution is 7.88. The molecule has 0 bridgehead atoms. The van der Waals surface area contributed by atoms with Crippen molar-refractivity contribution in [3.63, 3.8) is 0 Å². The van der Waals surface area contributed by atoms with Gasteiger partial charge < -0.3 is 5.32 Å². The molecule has 2 aromatic rings. The van der Waals surface area contributed by atoms with Crippen LogP contribution in [-0.4, -0.2) is 31.7 Å². The molecule has 1 aliphatic rings. The SMILES string of the molecule is Cc1cc(C)c(C(C)NC(=O)C2CCN(S(=O)(=O)Cc3ccccc3Cl)CC2)cc1C. The summed E-state index contributed by atoms with van der Waals surface area (Å²) in [5, 5.41) is 3.58. The second-order valence-corrected chi connectivity index (χ2v) is 10.9. The van der Waals surface area contributed by atoms with Gasteiger partial charge in [-0.05, 0) is 74.4 Å². The van der Waals surface area contributed by atoms with Gasteiger partial charge in [-0.15, -0.1) is 0 Å². The Hall–Kier alpha value is -1.89. The smallest absolute Gasteiger partial charge is 0.223 e. The number of hydrogen-bond acceptors (Lipinski definition) is 3. The van der Waals surface area contributed by atoms with Crippen LogP contribution in [0.5, 0.6) is 0 Å². The highest BCUT2D eigenvalue weighted by Crippen LogP contribution is 2.26. The fourth-order valence-corrected chi connectivity index (χ4v) is 6.03. The summed E-state index contributed by atoms with van der Waals surface area (Å²) in [6, 6.07) is 11.2. The van der Waals surface area contributed by atoms with Gasteiger partial charge in [-0.2, -0.15) is 0 Å². The topological polar surface area (TPSA) is 66.5 Å². The number of nitrogens with zero attached hydrogens (tertiary/aromatic N) is 1. The molecule has 3 rings (SSSR count). The molecule has 1 unspecified atom stereocenters. The van der Waals surface area contributed by atoms with Crippen LogP contribution in [0.2, 0.25) is 5.02 Å². The molecule has 1 heterocycles. The first-order valence-corrected chi connectivity index (χ1v) is 12.7. The van der Waals surface area contributed by atoms with Gasteiger partial charge in [-0.1, -0.05) is 41.9 Å². The first-order chi connectivity index (χ1) is 14.6. The maximum absolute atomic E-state index is 12.8. The Balaban J connectivity index is 1.58. The second-order valence-electron chi connectivity index (χ2n) is 8.54. The van der Waals surface area contributed by atoms with Crippen molar-refractivity contribution in [3.8, 4) is 0 Å². The third-order valence-electron chi connectivity index (χ3n) is 6.22. The van der Waals surface area contributed by atoms with Crippen molar-refractivity contribution in [1.29, 1.82) is 0 Å². The lowest BCUT2D eigenvalue weighted by atomic mass is 9.94. The average Bonchev–Trinajstić information content (AvgIpc) is 2.72. The molecular formula is C24H31ClN2O3S. The zero-order valence-corrected chi connectivity index (χ0v) is 20.2. The van der Waals surface area contributed by atoms with E-state index < -0.39 is 10.0 Å². The monoisotopic (exact) mass is 462 g/mol. The van der Waals surface area contributed by atoms with Gasteiger partial charge in [0.1, 0.15) is 0 Å². The van der Waals surface area contributed by atoms with Crippen molar-refractivity contribution < 1.29 is 13.2 Å². The van der Waals surface area contributed by atoms with Gasteiger partial charge in [-0.3, -0.25) is 4.79 Å². The molecule has 5 nitrogen and oxygen atoms in total. The fourth-order valence-electron chi connectivity index (χ4n) is 4.16. The Kier molecular flexibility index (Phi) is 7.45. The summed E-state index contributed by atoms with van der Waals surface area (Å²) in [7, 11) is -3.47. The standard InChI is InChI=1S/C24H31ClN2O3S/c1-16-13-18(3)22(14-17(16)2)19(4)26-24(28)20-9-11-27(12-10-20)31(29,30)15-21-7-5-6-8-23(21)25/h5-8,13-14,19-20H,9-12,15H2,1-4H3,(H,26,28). The normalized spacial score (nSPS) is 16.8. The summed E-state index contributed by atoms with van der Waals surface area (Å²) in [5.74, 6) is -0.304. The van der Waals surface area contributed by atoms with Gasteiger partial charge >= 0.3 is 0 Å². The van der Waals surface area contributed by atoms with Crippen molar-refractivity contribution in [3.05, 3.63) is 69.2 Å². The number of piperidine rings is 1. The van der Waals surface area contributed by atoms with E-state index in [1.54, 1.807) is 24.3 Å². The fraction of sp³-hybridized carbons (Fsp3) is 0.458. The summed E-state index contributed by atoms with van der Waals surface area (Å²) in [5.41, 5.74) is 5.33. The molecule has 0 spiro atoms. The van der Waals surface area contributed by atoms with Gasteiger partial charge in [0.25, 0.3) is 0 Å². The Morgan fingerprint density at radius 2 is 1.71 bits per heavy atom. The van der Waals surface area contributed by atoms with Crippen LogP contribution in [0.3, 0.4) is 0 Å². The molecule has 31 heavy (non-hydrogen) atoms. The highest BCUT2D eigenvalue weighted by atomic mass is 35.5. The lowest BCUT2D eigenvalue weighted by Gasteiger charge is -2.31. The van der Waals surface area contributed by atoms with Gasteiger partial charge in [0, 0.05) is 24.0 Å². The lowest BCUT2D eigenvalue weighted by molar-refractivity contribution is -0.126. The second kappa shape index (κ2) is 9.72. The Morgan fingerprint density at radius 1 is 1.10 bits per heavy atom. The maximum Gasteiger partial charge on any atom is 0.223 e. The van der Waals surface area contributed by atoms with Gasteiger partial charge in [-0.25, -0.2) is 12.7 Å². The van der Waals surface area contributed by atoms with Crippen LogP contribution in [0.1, 0.15) is 53.6 Å². The molecule has 1 aliphatic heterocycles. The number of aryl methyl sites for hydroxylation is 3. The third-order valence-corrected chi connectivity index (χ3v) is 8.42. The van der Waals surface area contributed by atoms with E-state index in [-0.39, 0.29) is 23.6 Å². The summed E-state index contributed by atoms with van der Waals surface area (Å²) in [6.07, 6.45) is 1.04. The van der Waals surface area contributed by atoms with Crippen LogP contribution < -0.4 is 5.32 Å². The number of rotatable bonds is 6. The summed E-state index contributed by atoms with van der Waals surface area (Å²) >= 11 is 6.13. The van der Waals surface area contributed by atoms with Crippen molar-refractivity contribution in [2.75, 3.05) is 13.1 Å². The zero-order chi connectivity index (χ0) is 22.8.